The molecule has 0 atom stereocenters. The molecule has 2 aromatic rings. The molecule has 0 amide bonds. The lowest BCUT2D eigenvalue weighted by Crippen LogP contribution is -2.05. The van der Waals surface area contributed by atoms with E-state index >= 15 is 0 Å². The number of hydrogen-bond acceptors (Lipinski definition) is 2. The molecule has 0 radical (unpaired) electrons. The van der Waals surface area contributed by atoms with Crippen LogP contribution in [0.4, 0.5) is 13.2 Å². The maximum atomic E-state index is 12.8. The number of aliphatic hydroxyl groups excluding tert-OH is 1. The lowest BCUT2D eigenvalue weighted by molar-refractivity contribution is -0.137. The molecule has 0 spiro atoms. The standard InChI is InChI=1S/C15H12ClF3O2/c16-13-6-5-10(15(17,18)19)9-12(13)11-3-1-2-4-14(11)21-8-7-20/h1-6,9,20H,7-8H2. The van der Waals surface area contributed by atoms with Crippen LogP contribution in [0.1, 0.15) is 5.56 Å². The van der Waals surface area contributed by atoms with Gasteiger partial charge in [-0.05, 0) is 24.3 Å². The van der Waals surface area contributed by atoms with Gasteiger partial charge in [0.15, 0.2) is 0 Å². The number of halogens is 4. The molecular weight excluding hydrogens is 305 g/mol. The molecule has 1 N–H and O–H groups in total. The lowest BCUT2D eigenvalue weighted by atomic mass is 10.0. The fourth-order valence-corrected chi connectivity index (χ4v) is 2.10. The Morgan fingerprint density at radius 3 is 2.43 bits per heavy atom. The summed E-state index contributed by atoms with van der Waals surface area (Å²) in [5.74, 6) is 0.368. The number of ether oxygens (including phenoxy) is 1. The Balaban J connectivity index is 2.51. The van der Waals surface area contributed by atoms with Gasteiger partial charge in [-0.1, -0.05) is 29.8 Å². The van der Waals surface area contributed by atoms with E-state index in [9.17, 15) is 13.2 Å². The zero-order valence-corrected chi connectivity index (χ0v) is 11.6. The Labute approximate surface area is 124 Å². The average Bonchev–Trinajstić information content (AvgIpc) is 2.45. The van der Waals surface area contributed by atoms with Crippen LogP contribution < -0.4 is 4.74 Å². The number of rotatable bonds is 4. The average molecular weight is 317 g/mol. The highest BCUT2D eigenvalue weighted by Gasteiger charge is 2.31. The minimum absolute atomic E-state index is 0.0492. The van der Waals surface area contributed by atoms with Crippen molar-refractivity contribution in [1.82, 2.24) is 0 Å². The highest BCUT2D eigenvalue weighted by atomic mass is 35.5. The Morgan fingerprint density at radius 1 is 1.05 bits per heavy atom. The molecular formula is C15H12ClF3O2. The smallest absolute Gasteiger partial charge is 0.416 e. The Bertz CT molecular complexity index is 627. The van der Waals surface area contributed by atoms with Crippen molar-refractivity contribution in [2.24, 2.45) is 0 Å². The summed E-state index contributed by atoms with van der Waals surface area (Å²) < 4.78 is 43.8. The van der Waals surface area contributed by atoms with Crippen molar-refractivity contribution in [2.75, 3.05) is 13.2 Å². The van der Waals surface area contributed by atoms with Crippen molar-refractivity contribution in [3.63, 3.8) is 0 Å². The molecule has 21 heavy (non-hydrogen) atoms. The fraction of sp³-hybridized carbons (Fsp3) is 0.200. The molecule has 0 heterocycles. The Morgan fingerprint density at radius 2 is 1.76 bits per heavy atom. The Kier molecular flexibility index (Phi) is 4.75. The highest BCUT2D eigenvalue weighted by molar-refractivity contribution is 6.33. The van der Waals surface area contributed by atoms with Gasteiger partial charge >= 0.3 is 6.18 Å². The van der Waals surface area contributed by atoms with Crippen LogP contribution in [-0.2, 0) is 6.18 Å². The van der Waals surface area contributed by atoms with Crippen molar-refractivity contribution in [3.05, 3.63) is 53.1 Å². The van der Waals surface area contributed by atoms with Gasteiger partial charge in [-0.25, -0.2) is 0 Å². The summed E-state index contributed by atoms with van der Waals surface area (Å²) in [6, 6.07) is 9.74. The van der Waals surface area contributed by atoms with Crippen molar-refractivity contribution >= 4 is 11.6 Å². The van der Waals surface area contributed by atoms with Gasteiger partial charge in [-0.2, -0.15) is 13.2 Å². The third kappa shape index (κ3) is 3.68. The summed E-state index contributed by atoms with van der Waals surface area (Å²) in [7, 11) is 0. The predicted octanol–water partition coefficient (Wildman–Crippen LogP) is 4.40. The van der Waals surface area contributed by atoms with Crippen LogP contribution in [0.25, 0.3) is 11.1 Å². The SMILES string of the molecule is OCCOc1ccccc1-c1cc(C(F)(F)F)ccc1Cl. The van der Waals surface area contributed by atoms with Crippen LogP contribution in [0.15, 0.2) is 42.5 Å². The van der Waals surface area contributed by atoms with Gasteiger partial charge in [0.2, 0.25) is 0 Å². The van der Waals surface area contributed by atoms with Gasteiger partial charge in [-0.15, -0.1) is 0 Å². The molecule has 0 saturated carbocycles. The fourth-order valence-electron chi connectivity index (χ4n) is 1.88. The molecule has 0 fully saturated rings. The van der Waals surface area contributed by atoms with E-state index in [1.54, 1.807) is 24.3 Å². The summed E-state index contributed by atoms with van der Waals surface area (Å²) >= 11 is 6.01. The van der Waals surface area contributed by atoms with Crippen molar-refractivity contribution in [2.45, 2.75) is 6.18 Å². The molecule has 0 saturated heterocycles. The molecule has 2 aromatic carbocycles. The monoisotopic (exact) mass is 316 g/mol. The van der Waals surface area contributed by atoms with E-state index in [-0.39, 0.29) is 23.8 Å². The van der Waals surface area contributed by atoms with Gasteiger partial charge in [0.05, 0.1) is 12.2 Å². The maximum absolute atomic E-state index is 12.8. The topological polar surface area (TPSA) is 29.5 Å². The predicted molar refractivity (Wildman–Crippen MR) is 74.5 cm³/mol. The first-order valence-corrected chi connectivity index (χ1v) is 6.51. The third-order valence-corrected chi connectivity index (χ3v) is 3.15. The number of benzene rings is 2. The Hall–Kier alpha value is -1.72. The molecule has 0 aliphatic carbocycles. The molecule has 2 rings (SSSR count). The lowest BCUT2D eigenvalue weighted by Gasteiger charge is -2.14. The molecule has 0 bridgehead atoms. The summed E-state index contributed by atoms with van der Waals surface area (Å²) in [4.78, 5) is 0. The van der Waals surface area contributed by atoms with E-state index < -0.39 is 11.7 Å². The first-order valence-electron chi connectivity index (χ1n) is 6.13. The molecule has 0 unspecified atom stereocenters. The number of para-hydroxylation sites is 1. The van der Waals surface area contributed by atoms with Crippen LogP contribution >= 0.6 is 11.6 Å². The largest absolute Gasteiger partial charge is 0.491 e. The van der Waals surface area contributed by atoms with Gasteiger partial charge in [0.25, 0.3) is 0 Å². The zero-order valence-electron chi connectivity index (χ0n) is 10.8. The summed E-state index contributed by atoms with van der Waals surface area (Å²) in [6.07, 6.45) is -4.44. The second-order valence-corrected chi connectivity index (χ2v) is 4.67. The first kappa shape index (κ1) is 15.7. The molecule has 6 heteroatoms. The maximum Gasteiger partial charge on any atom is 0.416 e. The summed E-state index contributed by atoms with van der Waals surface area (Å²) in [5.41, 5.74) is -0.0963. The van der Waals surface area contributed by atoms with E-state index in [0.717, 1.165) is 12.1 Å². The third-order valence-electron chi connectivity index (χ3n) is 2.82. The van der Waals surface area contributed by atoms with Crippen LogP contribution in [0.2, 0.25) is 5.02 Å². The van der Waals surface area contributed by atoms with Crippen LogP contribution in [-0.4, -0.2) is 18.3 Å². The molecule has 0 aliphatic heterocycles. The minimum Gasteiger partial charge on any atom is -0.491 e. The second-order valence-electron chi connectivity index (χ2n) is 4.26. The van der Waals surface area contributed by atoms with E-state index in [1.807, 2.05) is 0 Å². The molecule has 112 valence electrons. The number of hydrogen-bond donors (Lipinski definition) is 1. The summed E-state index contributed by atoms with van der Waals surface area (Å²) in [5, 5.41) is 8.99. The quantitative estimate of drug-likeness (QED) is 0.906. The van der Waals surface area contributed by atoms with Crippen molar-refractivity contribution < 1.29 is 23.0 Å². The van der Waals surface area contributed by atoms with Crippen molar-refractivity contribution in [3.8, 4) is 16.9 Å². The highest BCUT2D eigenvalue weighted by Crippen LogP contribution is 2.39. The molecule has 0 aromatic heterocycles. The first-order chi connectivity index (χ1) is 9.93. The van der Waals surface area contributed by atoms with Gasteiger partial charge in [0.1, 0.15) is 12.4 Å². The van der Waals surface area contributed by atoms with E-state index in [1.165, 1.54) is 6.07 Å². The number of alkyl halides is 3. The number of aliphatic hydroxyl groups is 1. The molecule has 2 nitrogen and oxygen atoms in total. The minimum atomic E-state index is -4.44. The second kappa shape index (κ2) is 6.37. The van der Waals surface area contributed by atoms with Gasteiger partial charge < -0.3 is 9.84 Å². The van der Waals surface area contributed by atoms with Crippen LogP contribution in [0, 0.1) is 0 Å². The van der Waals surface area contributed by atoms with Gasteiger partial charge in [0, 0.05) is 16.1 Å². The van der Waals surface area contributed by atoms with Crippen LogP contribution in [0.3, 0.4) is 0 Å². The van der Waals surface area contributed by atoms with E-state index in [0.29, 0.717) is 11.3 Å². The van der Waals surface area contributed by atoms with Crippen LogP contribution in [0.5, 0.6) is 5.75 Å². The normalized spacial score (nSPS) is 11.5. The van der Waals surface area contributed by atoms with E-state index in [4.69, 9.17) is 21.4 Å². The van der Waals surface area contributed by atoms with Gasteiger partial charge in [-0.3, -0.25) is 0 Å². The van der Waals surface area contributed by atoms with Crippen molar-refractivity contribution in [1.29, 1.82) is 0 Å². The molecule has 0 aliphatic rings. The summed E-state index contributed by atoms with van der Waals surface area (Å²) in [6.45, 7) is -0.141. The zero-order chi connectivity index (χ0) is 15.5. The van der Waals surface area contributed by atoms with E-state index in [2.05, 4.69) is 0 Å².